The largest absolute Gasteiger partial charge is 0.462 e. The van der Waals surface area contributed by atoms with Crippen molar-refractivity contribution < 1.29 is 22.7 Å². The molecular formula is C25H39N3O5S. The molecule has 2 heterocycles. The van der Waals surface area contributed by atoms with Gasteiger partial charge in [0, 0.05) is 45.2 Å². The molecule has 0 aromatic heterocycles. The van der Waals surface area contributed by atoms with Crippen LogP contribution in [-0.2, 0) is 19.6 Å². The molecule has 0 N–H and O–H groups in total. The maximum atomic E-state index is 13.1. The van der Waals surface area contributed by atoms with Gasteiger partial charge in [0.1, 0.15) is 0 Å². The molecule has 1 aromatic carbocycles. The van der Waals surface area contributed by atoms with E-state index < -0.39 is 16.0 Å². The molecule has 2 aliphatic heterocycles. The molecule has 0 saturated carbocycles. The number of nitrogens with zero attached hydrogens (tertiary/aromatic N) is 3. The second kappa shape index (κ2) is 11.2. The summed E-state index contributed by atoms with van der Waals surface area (Å²) >= 11 is 0. The first-order valence-corrected chi connectivity index (χ1v) is 13.7. The highest BCUT2D eigenvalue weighted by atomic mass is 32.2. The first-order chi connectivity index (χ1) is 16.0. The van der Waals surface area contributed by atoms with Crippen molar-refractivity contribution in [2.24, 2.45) is 11.3 Å². The van der Waals surface area contributed by atoms with Crippen LogP contribution in [0.4, 0.5) is 0 Å². The molecule has 0 radical (unpaired) electrons. The van der Waals surface area contributed by atoms with Gasteiger partial charge in [-0.1, -0.05) is 20.8 Å². The number of rotatable bonds is 7. The van der Waals surface area contributed by atoms with Gasteiger partial charge in [-0.05, 0) is 62.4 Å². The van der Waals surface area contributed by atoms with Crippen LogP contribution in [0.25, 0.3) is 0 Å². The number of carbonyl (C=O) groups excluding carboxylic acids is 2. The van der Waals surface area contributed by atoms with Gasteiger partial charge >= 0.3 is 5.97 Å². The fraction of sp³-hybridized carbons (Fsp3) is 0.680. The predicted octanol–water partition coefficient (Wildman–Crippen LogP) is 2.84. The number of hydrogen-bond acceptors (Lipinski definition) is 6. The lowest BCUT2D eigenvalue weighted by Gasteiger charge is -2.39. The fourth-order valence-electron chi connectivity index (χ4n) is 4.41. The zero-order valence-electron chi connectivity index (χ0n) is 21.0. The quantitative estimate of drug-likeness (QED) is 0.543. The fourth-order valence-corrected chi connectivity index (χ4v) is 5.88. The van der Waals surface area contributed by atoms with Crippen molar-refractivity contribution in [2.45, 2.75) is 51.9 Å². The second-order valence-electron chi connectivity index (χ2n) is 10.4. The van der Waals surface area contributed by atoms with Crippen LogP contribution in [0.1, 0.15) is 57.3 Å². The number of amides is 1. The summed E-state index contributed by atoms with van der Waals surface area (Å²) in [7, 11) is -3.67. The Morgan fingerprint density at radius 3 is 2.09 bits per heavy atom. The van der Waals surface area contributed by atoms with Gasteiger partial charge in [0.15, 0.2) is 0 Å². The second-order valence-corrected chi connectivity index (χ2v) is 12.3. The number of benzene rings is 1. The Morgan fingerprint density at radius 1 is 0.971 bits per heavy atom. The van der Waals surface area contributed by atoms with E-state index in [1.807, 2.05) is 4.90 Å². The van der Waals surface area contributed by atoms with Gasteiger partial charge in [0.25, 0.3) is 0 Å². The van der Waals surface area contributed by atoms with Crippen LogP contribution in [-0.4, -0.2) is 86.8 Å². The van der Waals surface area contributed by atoms with Crippen molar-refractivity contribution in [2.75, 3.05) is 52.4 Å². The van der Waals surface area contributed by atoms with Crippen molar-refractivity contribution in [1.82, 2.24) is 14.1 Å². The van der Waals surface area contributed by atoms with E-state index in [0.29, 0.717) is 36.9 Å². The Bertz CT molecular complexity index is 940. The van der Waals surface area contributed by atoms with Crippen LogP contribution in [0.5, 0.6) is 0 Å². The molecule has 9 heteroatoms. The minimum atomic E-state index is -3.67. The lowest BCUT2D eigenvalue weighted by atomic mass is 9.92. The number of piperidine rings is 1. The zero-order chi connectivity index (χ0) is 24.9. The van der Waals surface area contributed by atoms with E-state index in [2.05, 4.69) is 25.7 Å². The van der Waals surface area contributed by atoms with E-state index in [9.17, 15) is 18.0 Å². The average Bonchev–Trinajstić information content (AvgIpc) is 2.82. The third kappa shape index (κ3) is 6.79. The SMILES string of the molecule is CCOC(=O)c1ccc(S(=O)(=O)N2CCC(C(=O)N3CCN(CCC(C)(C)C)CC3)CC2)cc1. The van der Waals surface area contributed by atoms with Crippen LogP contribution in [0.3, 0.4) is 0 Å². The van der Waals surface area contributed by atoms with Crippen LogP contribution in [0.2, 0.25) is 0 Å². The standard InChI is InChI=1S/C25H39N3O5S/c1-5-33-24(30)21-6-8-22(9-7-21)34(31,32)28-13-10-20(11-14-28)23(29)27-18-16-26(17-19-27)15-12-25(2,3)4/h6-9,20H,5,10-19H2,1-4H3. The molecule has 2 fully saturated rings. The van der Waals surface area contributed by atoms with Crippen molar-refractivity contribution in [3.63, 3.8) is 0 Å². The summed E-state index contributed by atoms with van der Waals surface area (Å²) < 4.78 is 32.5. The van der Waals surface area contributed by atoms with Gasteiger partial charge in [-0.15, -0.1) is 0 Å². The number of hydrogen-bond donors (Lipinski definition) is 0. The van der Waals surface area contributed by atoms with Gasteiger partial charge in [-0.2, -0.15) is 4.31 Å². The molecule has 1 amide bonds. The van der Waals surface area contributed by atoms with Gasteiger partial charge in [0.05, 0.1) is 17.1 Å². The first-order valence-electron chi connectivity index (χ1n) is 12.3. The van der Waals surface area contributed by atoms with E-state index in [1.165, 1.54) is 28.6 Å². The summed E-state index contributed by atoms with van der Waals surface area (Å²) in [5, 5.41) is 0. The van der Waals surface area contributed by atoms with Crippen LogP contribution < -0.4 is 0 Å². The topological polar surface area (TPSA) is 87.2 Å². The molecule has 8 nitrogen and oxygen atoms in total. The van der Waals surface area contributed by atoms with E-state index in [4.69, 9.17) is 4.74 Å². The molecule has 34 heavy (non-hydrogen) atoms. The summed E-state index contributed by atoms with van der Waals surface area (Å²) in [6.45, 7) is 13.7. The van der Waals surface area contributed by atoms with Gasteiger partial charge in [0.2, 0.25) is 15.9 Å². The predicted molar refractivity (Wildman–Crippen MR) is 131 cm³/mol. The number of ether oxygens (including phenoxy) is 1. The normalized spacial score (nSPS) is 19.2. The maximum absolute atomic E-state index is 13.1. The average molecular weight is 494 g/mol. The zero-order valence-corrected chi connectivity index (χ0v) is 21.8. The highest BCUT2D eigenvalue weighted by Gasteiger charge is 2.34. The van der Waals surface area contributed by atoms with Gasteiger partial charge in [-0.25, -0.2) is 13.2 Å². The molecule has 3 rings (SSSR count). The lowest BCUT2D eigenvalue weighted by Crippen LogP contribution is -2.52. The summed E-state index contributed by atoms with van der Waals surface area (Å²) in [4.78, 5) is 29.4. The van der Waals surface area contributed by atoms with E-state index in [-0.39, 0.29) is 23.3 Å². The van der Waals surface area contributed by atoms with Crippen molar-refractivity contribution in [1.29, 1.82) is 0 Å². The minimum Gasteiger partial charge on any atom is -0.462 e. The summed E-state index contributed by atoms with van der Waals surface area (Å²) in [5.74, 6) is -0.439. The highest BCUT2D eigenvalue weighted by Crippen LogP contribution is 2.26. The number of sulfonamides is 1. The summed E-state index contributed by atoms with van der Waals surface area (Å²) in [5.41, 5.74) is 0.633. The number of esters is 1. The highest BCUT2D eigenvalue weighted by molar-refractivity contribution is 7.89. The molecule has 0 bridgehead atoms. The molecule has 1 aromatic rings. The third-order valence-corrected chi connectivity index (χ3v) is 8.58. The molecule has 0 spiro atoms. The number of carbonyl (C=O) groups is 2. The minimum absolute atomic E-state index is 0.126. The van der Waals surface area contributed by atoms with Crippen molar-refractivity contribution in [3.05, 3.63) is 29.8 Å². The van der Waals surface area contributed by atoms with Crippen LogP contribution in [0.15, 0.2) is 29.2 Å². The Hall–Kier alpha value is -1.97. The Kier molecular flexibility index (Phi) is 8.76. The van der Waals surface area contributed by atoms with Crippen LogP contribution in [0, 0.1) is 11.3 Å². The van der Waals surface area contributed by atoms with Crippen molar-refractivity contribution >= 4 is 21.9 Å². The molecule has 0 aliphatic carbocycles. The Morgan fingerprint density at radius 2 is 1.56 bits per heavy atom. The first kappa shape index (κ1) is 26.6. The monoisotopic (exact) mass is 493 g/mol. The molecule has 2 aliphatic rings. The van der Waals surface area contributed by atoms with Gasteiger partial charge < -0.3 is 9.64 Å². The van der Waals surface area contributed by atoms with E-state index >= 15 is 0 Å². The molecule has 0 atom stereocenters. The summed E-state index contributed by atoms with van der Waals surface area (Å²) in [6.07, 6.45) is 2.20. The van der Waals surface area contributed by atoms with E-state index in [1.54, 1.807) is 6.92 Å². The molecule has 0 unspecified atom stereocenters. The molecular weight excluding hydrogens is 454 g/mol. The number of piperazine rings is 1. The van der Waals surface area contributed by atoms with Crippen molar-refractivity contribution in [3.8, 4) is 0 Å². The maximum Gasteiger partial charge on any atom is 0.338 e. The summed E-state index contributed by atoms with van der Waals surface area (Å²) in [6, 6.07) is 5.83. The Labute approximate surface area is 204 Å². The van der Waals surface area contributed by atoms with Gasteiger partial charge in [-0.3, -0.25) is 9.69 Å². The van der Waals surface area contributed by atoms with Crippen LogP contribution >= 0.6 is 0 Å². The molecule has 2 saturated heterocycles. The smallest absolute Gasteiger partial charge is 0.338 e. The third-order valence-electron chi connectivity index (χ3n) is 6.67. The van der Waals surface area contributed by atoms with E-state index in [0.717, 1.165) is 39.1 Å². The molecule has 190 valence electrons. The Balaban J connectivity index is 1.50. The lowest BCUT2D eigenvalue weighted by molar-refractivity contribution is -0.138.